The molecule has 6 nitrogen and oxygen atoms in total. The van der Waals surface area contributed by atoms with E-state index in [1.807, 2.05) is 34.6 Å². The Morgan fingerprint density at radius 2 is 2.08 bits per heavy atom. The summed E-state index contributed by atoms with van der Waals surface area (Å²) in [6.07, 6.45) is 1.14. The predicted molar refractivity (Wildman–Crippen MR) is 94.2 cm³/mol. The highest BCUT2D eigenvalue weighted by Crippen LogP contribution is 2.20. The van der Waals surface area contributed by atoms with Crippen LogP contribution in [0.4, 0.5) is 4.79 Å². The van der Waals surface area contributed by atoms with Crippen LogP contribution in [0.1, 0.15) is 42.8 Å². The fraction of sp³-hybridized carbons (Fsp3) is 0.706. The van der Waals surface area contributed by atoms with Gasteiger partial charge < -0.3 is 15.0 Å². The molecule has 1 atom stereocenters. The number of rotatable bonds is 4. The maximum absolute atomic E-state index is 12.3. The van der Waals surface area contributed by atoms with Crippen molar-refractivity contribution in [2.45, 2.75) is 53.1 Å². The molecule has 2 heterocycles. The van der Waals surface area contributed by atoms with Crippen molar-refractivity contribution >= 4 is 23.3 Å². The second kappa shape index (κ2) is 7.51. The summed E-state index contributed by atoms with van der Waals surface area (Å²) in [4.78, 5) is 31.5. The second-order valence-corrected chi connectivity index (χ2v) is 8.48. The van der Waals surface area contributed by atoms with Crippen LogP contribution in [0.25, 0.3) is 0 Å². The van der Waals surface area contributed by atoms with Gasteiger partial charge in [0, 0.05) is 30.9 Å². The fourth-order valence-corrected chi connectivity index (χ4v) is 3.65. The Balaban J connectivity index is 1.76. The molecule has 2 rings (SSSR count). The molecule has 134 valence electrons. The quantitative estimate of drug-likeness (QED) is 0.903. The molecule has 1 saturated heterocycles. The normalized spacial score (nSPS) is 17.9. The van der Waals surface area contributed by atoms with Gasteiger partial charge in [-0.15, -0.1) is 11.3 Å². The highest BCUT2D eigenvalue weighted by atomic mass is 32.1. The minimum Gasteiger partial charge on any atom is -0.444 e. The number of nitrogens with one attached hydrogen (secondary N) is 1. The Labute approximate surface area is 147 Å². The number of nitrogens with zero attached hydrogens (tertiary/aromatic N) is 2. The summed E-state index contributed by atoms with van der Waals surface area (Å²) in [5.74, 6) is -0.137. The minimum atomic E-state index is -0.512. The first kappa shape index (κ1) is 18.7. The lowest BCUT2D eigenvalue weighted by Crippen LogP contribution is -2.38. The monoisotopic (exact) mass is 353 g/mol. The fourth-order valence-electron chi connectivity index (χ4n) is 2.72. The Bertz CT molecular complexity index is 607. The summed E-state index contributed by atoms with van der Waals surface area (Å²) in [5, 5.41) is 4.03. The van der Waals surface area contributed by atoms with E-state index in [0.717, 1.165) is 17.1 Å². The van der Waals surface area contributed by atoms with Gasteiger partial charge in [0.05, 0.1) is 16.6 Å². The lowest BCUT2D eigenvalue weighted by molar-refractivity contribution is -0.124. The van der Waals surface area contributed by atoms with E-state index in [9.17, 15) is 9.59 Å². The molecule has 1 aliphatic heterocycles. The van der Waals surface area contributed by atoms with Gasteiger partial charge in [0.2, 0.25) is 5.91 Å². The van der Waals surface area contributed by atoms with Gasteiger partial charge in [-0.2, -0.15) is 0 Å². The number of aryl methyl sites for hydroxylation is 2. The standard InChI is InChI=1S/C17H27N3O3S/c1-11-14(24-12(2)19-11)6-8-18-15(21)13-7-9-20(10-13)16(22)23-17(3,4)5/h13H,6-10H2,1-5H3,(H,18,21)/t13-/m1/s1. The molecule has 0 unspecified atom stereocenters. The number of amides is 2. The molecule has 0 aliphatic carbocycles. The van der Waals surface area contributed by atoms with E-state index in [1.165, 1.54) is 4.88 Å². The first-order valence-electron chi connectivity index (χ1n) is 8.34. The second-order valence-electron chi connectivity index (χ2n) is 7.19. The molecule has 0 radical (unpaired) electrons. The average Bonchev–Trinajstić information content (AvgIpc) is 3.04. The van der Waals surface area contributed by atoms with Crippen LogP contribution in [-0.2, 0) is 16.0 Å². The maximum atomic E-state index is 12.3. The van der Waals surface area contributed by atoms with Crippen LogP contribution in [0, 0.1) is 19.8 Å². The number of thiazole rings is 1. The van der Waals surface area contributed by atoms with Crippen LogP contribution in [0.2, 0.25) is 0 Å². The number of hydrogen-bond acceptors (Lipinski definition) is 5. The van der Waals surface area contributed by atoms with E-state index in [0.29, 0.717) is 26.1 Å². The third kappa shape index (κ3) is 5.19. The van der Waals surface area contributed by atoms with Gasteiger partial charge in [-0.1, -0.05) is 0 Å². The third-order valence-corrected chi connectivity index (χ3v) is 4.99. The van der Waals surface area contributed by atoms with Crippen molar-refractivity contribution in [2.24, 2.45) is 5.92 Å². The smallest absolute Gasteiger partial charge is 0.410 e. The Morgan fingerprint density at radius 3 is 2.67 bits per heavy atom. The Morgan fingerprint density at radius 1 is 1.38 bits per heavy atom. The third-order valence-electron chi connectivity index (χ3n) is 3.86. The molecular weight excluding hydrogens is 326 g/mol. The molecule has 1 N–H and O–H groups in total. The average molecular weight is 353 g/mol. The number of hydrogen-bond donors (Lipinski definition) is 1. The van der Waals surface area contributed by atoms with E-state index in [4.69, 9.17) is 4.74 Å². The molecule has 1 aromatic rings. The van der Waals surface area contributed by atoms with Gasteiger partial charge in [-0.25, -0.2) is 9.78 Å². The van der Waals surface area contributed by atoms with Gasteiger partial charge in [-0.3, -0.25) is 4.79 Å². The summed E-state index contributed by atoms with van der Waals surface area (Å²) in [6.45, 7) is 11.1. The zero-order valence-electron chi connectivity index (χ0n) is 15.1. The SMILES string of the molecule is Cc1nc(C)c(CCNC(=O)[C@@H]2CCN(C(=O)OC(C)(C)C)C2)s1. The van der Waals surface area contributed by atoms with E-state index < -0.39 is 5.60 Å². The van der Waals surface area contributed by atoms with Crippen LogP contribution >= 0.6 is 11.3 Å². The largest absolute Gasteiger partial charge is 0.444 e. The molecular formula is C17H27N3O3S. The topological polar surface area (TPSA) is 71.5 Å². The molecule has 24 heavy (non-hydrogen) atoms. The van der Waals surface area contributed by atoms with Gasteiger partial charge >= 0.3 is 6.09 Å². The van der Waals surface area contributed by atoms with Crippen molar-refractivity contribution < 1.29 is 14.3 Å². The van der Waals surface area contributed by atoms with Crippen molar-refractivity contribution in [3.8, 4) is 0 Å². The van der Waals surface area contributed by atoms with Gasteiger partial charge in [0.1, 0.15) is 5.60 Å². The van der Waals surface area contributed by atoms with Crippen molar-refractivity contribution in [3.05, 3.63) is 15.6 Å². The Kier molecular flexibility index (Phi) is 5.85. The van der Waals surface area contributed by atoms with E-state index in [-0.39, 0.29) is 17.9 Å². The van der Waals surface area contributed by atoms with Gasteiger partial charge in [0.15, 0.2) is 0 Å². The van der Waals surface area contributed by atoms with Gasteiger partial charge in [-0.05, 0) is 41.0 Å². The van der Waals surface area contributed by atoms with Crippen LogP contribution in [0.5, 0.6) is 0 Å². The van der Waals surface area contributed by atoms with Crippen LogP contribution in [0.15, 0.2) is 0 Å². The molecule has 0 spiro atoms. The van der Waals surface area contributed by atoms with Crippen LogP contribution in [-0.4, -0.2) is 47.1 Å². The summed E-state index contributed by atoms with van der Waals surface area (Å²) in [5.41, 5.74) is 0.533. The molecule has 0 saturated carbocycles. The predicted octanol–water partition coefficient (Wildman–Crippen LogP) is 2.68. The number of carbonyl (C=O) groups excluding carboxylic acids is 2. The van der Waals surface area contributed by atoms with Crippen molar-refractivity contribution in [1.82, 2.24) is 15.2 Å². The highest BCUT2D eigenvalue weighted by Gasteiger charge is 2.33. The van der Waals surface area contributed by atoms with E-state index >= 15 is 0 Å². The van der Waals surface area contributed by atoms with Crippen molar-refractivity contribution in [1.29, 1.82) is 0 Å². The minimum absolute atomic E-state index is 0.0138. The number of likely N-dealkylation sites (tertiary alicyclic amines) is 1. The van der Waals surface area contributed by atoms with Crippen molar-refractivity contribution in [2.75, 3.05) is 19.6 Å². The van der Waals surface area contributed by atoms with E-state index in [2.05, 4.69) is 10.3 Å². The summed E-state index contributed by atoms with van der Waals surface area (Å²) in [6, 6.07) is 0. The summed E-state index contributed by atoms with van der Waals surface area (Å²) in [7, 11) is 0. The molecule has 1 aliphatic rings. The maximum Gasteiger partial charge on any atom is 0.410 e. The number of ether oxygens (including phenoxy) is 1. The van der Waals surface area contributed by atoms with E-state index in [1.54, 1.807) is 16.2 Å². The zero-order chi connectivity index (χ0) is 17.9. The molecule has 1 fully saturated rings. The number of carbonyl (C=O) groups is 2. The zero-order valence-corrected chi connectivity index (χ0v) is 16.0. The molecule has 0 bridgehead atoms. The highest BCUT2D eigenvalue weighted by molar-refractivity contribution is 7.11. The molecule has 0 aromatic carbocycles. The first-order chi connectivity index (χ1) is 11.2. The number of aromatic nitrogens is 1. The molecule has 1 aromatic heterocycles. The van der Waals surface area contributed by atoms with Crippen LogP contribution in [0.3, 0.4) is 0 Å². The summed E-state index contributed by atoms with van der Waals surface area (Å²) < 4.78 is 5.35. The molecule has 2 amide bonds. The van der Waals surface area contributed by atoms with Gasteiger partial charge in [0.25, 0.3) is 0 Å². The summed E-state index contributed by atoms with van der Waals surface area (Å²) >= 11 is 1.68. The first-order valence-corrected chi connectivity index (χ1v) is 9.16. The lowest BCUT2D eigenvalue weighted by Gasteiger charge is -2.24. The Hall–Kier alpha value is -1.63. The van der Waals surface area contributed by atoms with Crippen LogP contribution < -0.4 is 5.32 Å². The molecule has 7 heteroatoms. The lowest BCUT2D eigenvalue weighted by atomic mass is 10.1. The van der Waals surface area contributed by atoms with Crippen molar-refractivity contribution in [3.63, 3.8) is 0 Å².